The summed E-state index contributed by atoms with van der Waals surface area (Å²) in [5, 5.41) is 2.00. The topological polar surface area (TPSA) is 64.2 Å². The van der Waals surface area contributed by atoms with Crippen LogP contribution in [0.25, 0.3) is 32.9 Å². The van der Waals surface area contributed by atoms with Gasteiger partial charge in [0.15, 0.2) is 5.69 Å². The second-order valence-electron chi connectivity index (χ2n) is 5.89. The fourth-order valence-corrected chi connectivity index (χ4v) is 3.23. The van der Waals surface area contributed by atoms with Gasteiger partial charge in [0.1, 0.15) is 5.75 Å². The summed E-state index contributed by atoms with van der Waals surface area (Å²) in [6.45, 7) is 2.09. The van der Waals surface area contributed by atoms with Gasteiger partial charge < -0.3 is 14.5 Å². The van der Waals surface area contributed by atoms with Crippen LogP contribution >= 0.6 is 0 Å². The first kappa shape index (κ1) is 16.1. The highest BCUT2D eigenvalue weighted by molar-refractivity contribution is 6.17. The van der Waals surface area contributed by atoms with E-state index in [2.05, 4.69) is 9.97 Å². The van der Waals surface area contributed by atoms with Crippen molar-refractivity contribution in [1.29, 1.82) is 0 Å². The molecule has 130 valence electrons. The molecule has 26 heavy (non-hydrogen) atoms. The van der Waals surface area contributed by atoms with Crippen molar-refractivity contribution in [1.82, 2.24) is 9.97 Å². The van der Waals surface area contributed by atoms with Crippen LogP contribution in [0.2, 0.25) is 0 Å². The maximum atomic E-state index is 12.5. The predicted octanol–water partition coefficient (Wildman–Crippen LogP) is 4.57. The maximum absolute atomic E-state index is 12.5. The highest BCUT2D eigenvalue weighted by Gasteiger charge is 2.21. The molecule has 5 heteroatoms. The Kier molecular flexibility index (Phi) is 4.05. The molecule has 4 rings (SSSR count). The number of carbonyl (C=O) groups excluding carboxylic acids is 1. The molecule has 2 aromatic heterocycles. The zero-order chi connectivity index (χ0) is 18.1. The third kappa shape index (κ3) is 2.58. The summed E-state index contributed by atoms with van der Waals surface area (Å²) in [4.78, 5) is 20.3. The number of esters is 1. The van der Waals surface area contributed by atoms with Crippen molar-refractivity contribution in [2.75, 3.05) is 13.7 Å². The van der Waals surface area contributed by atoms with Crippen LogP contribution in [0.5, 0.6) is 5.75 Å². The molecule has 0 aliphatic rings. The van der Waals surface area contributed by atoms with Gasteiger partial charge in [-0.25, -0.2) is 9.78 Å². The summed E-state index contributed by atoms with van der Waals surface area (Å²) in [5.74, 6) is 0.330. The van der Waals surface area contributed by atoms with Crippen LogP contribution < -0.4 is 4.74 Å². The molecule has 0 saturated carbocycles. The molecule has 0 amide bonds. The van der Waals surface area contributed by atoms with E-state index in [1.807, 2.05) is 48.5 Å². The number of fused-ring (bicyclic) bond motifs is 3. The van der Waals surface area contributed by atoms with Gasteiger partial charge in [-0.1, -0.05) is 30.3 Å². The van der Waals surface area contributed by atoms with Crippen LogP contribution in [0.15, 0.2) is 54.7 Å². The van der Waals surface area contributed by atoms with E-state index in [0.29, 0.717) is 12.3 Å². The van der Waals surface area contributed by atoms with Gasteiger partial charge in [0.25, 0.3) is 0 Å². The van der Waals surface area contributed by atoms with Crippen molar-refractivity contribution < 1.29 is 14.3 Å². The maximum Gasteiger partial charge on any atom is 0.357 e. The van der Waals surface area contributed by atoms with E-state index in [1.54, 1.807) is 20.2 Å². The number of carbonyl (C=O) groups is 1. The predicted molar refractivity (Wildman–Crippen MR) is 102 cm³/mol. The third-order valence-electron chi connectivity index (χ3n) is 4.39. The smallest absolute Gasteiger partial charge is 0.357 e. The molecular weight excluding hydrogens is 328 g/mol. The van der Waals surface area contributed by atoms with Crippen LogP contribution in [0.3, 0.4) is 0 Å². The summed E-state index contributed by atoms with van der Waals surface area (Å²) < 4.78 is 10.5. The molecule has 0 bridgehead atoms. The molecule has 5 nitrogen and oxygen atoms in total. The number of nitrogens with one attached hydrogen (secondary N) is 1. The lowest BCUT2D eigenvalue weighted by atomic mass is 9.98. The van der Waals surface area contributed by atoms with Gasteiger partial charge in [0, 0.05) is 21.9 Å². The van der Waals surface area contributed by atoms with E-state index in [-0.39, 0.29) is 0 Å². The lowest BCUT2D eigenvalue weighted by Gasteiger charge is -2.11. The highest BCUT2D eigenvalue weighted by Crippen LogP contribution is 2.37. The number of H-pyrrole nitrogens is 1. The Morgan fingerprint density at radius 1 is 1.08 bits per heavy atom. The van der Waals surface area contributed by atoms with Gasteiger partial charge in [0.2, 0.25) is 0 Å². The second kappa shape index (κ2) is 6.52. The third-order valence-corrected chi connectivity index (χ3v) is 4.39. The molecule has 2 aromatic carbocycles. The summed E-state index contributed by atoms with van der Waals surface area (Å²) >= 11 is 0. The largest absolute Gasteiger partial charge is 0.497 e. The lowest BCUT2D eigenvalue weighted by Crippen LogP contribution is -2.09. The molecule has 1 N–H and O–H groups in total. The highest BCUT2D eigenvalue weighted by atomic mass is 16.5. The van der Waals surface area contributed by atoms with Crippen molar-refractivity contribution in [2.45, 2.75) is 6.92 Å². The van der Waals surface area contributed by atoms with E-state index < -0.39 is 5.97 Å². The molecule has 0 unspecified atom stereocenters. The molecule has 0 aliphatic carbocycles. The standard InChI is InChI=1S/C21H18N2O3/c1-3-26-21(24)20-18(13-8-10-14(25-2)11-9-13)19-15-6-4-5-7-16(15)23-17(19)12-22-20/h4-12,23H,3H2,1-2H3. The SMILES string of the molecule is CCOC(=O)c1ncc2[nH]c3ccccc3c2c1-c1ccc(OC)cc1. The van der Waals surface area contributed by atoms with Crippen LogP contribution in [-0.4, -0.2) is 29.7 Å². The first-order valence-electron chi connectivity index (χ1n) is 8.44. The number of ether oxygens (including phenoxy) is 2. The Hall–Kier alpha value is -3.34. The number of aromatic nitrogens is 2. The monoisotopic (exact) mass is 346 g/mol. The molecule has 0 spiro atoms. The Labute approximate surface area is 150 Å². The fraction of sp³-hybridized carbons (Fsp3) is 0.143. The average molecular weight is 346 g/mol. The molecule has 0 aliphatic heterocycles. The molecule has 0 saturated heterocycles. The van der Waals surface area contributed by atoms with Crippen LogP contribution in [0.4, 0.5) is 0 Å². The number of rotatable bonds is 4. The van der Waals surface area contributed by atoms with Crippen molar-refractivity contribution >= 4 is 27.8 Å². The van der Waals surface area contributed by atoms with E-state index >= 15 is 0 Å². The normalized spacial score (nSPS) is 11.0. The van der Waals surface area contributed by atoms with Crippen LogP contribution in [0, 0.1) is 0 Å². The summed E-state index contributed by atoms with van der Waals surface area (Å²) in [5.41, 5.74) is 3.84. The minimum atomic E-state index is -0.425. The van der Waals surface area contributed by atoms with E-state index in [1.165, 1.54) is 0 Å². The Bertz CT molecular complexity index is 1100. The van der Waals surface area contributed by atoms with Gasteiger partial charge >= 0.3 is 5.97 Å². The van der Waals surface area contributed by atoms with Gasteiger partial charge in [-0.3, -0.25) is 0 Å². The molecule has 4 aromatic rings. The summed E-state index contributed by atoms with van der Waals surface area (Å²) in [6, 6.07) is 15.6. The number of pyridine rings is 1. The molecule has 0 radical (unpaired) electrons. The Morgan fingerprint density at radius 2 is 1.85 bits per heavy atom. The van der Waals surface area contributed by atoms with Crippen molar-refractivity contribution in [2.24, 2.45) is 0 Å². The van der Waals surface area contributed by atoms with E-state index in [0.717, 1.165) is 38.7 Å². The summed E-state index contributed by atoms with van der Waals surface area (Å²) in [7, 11) is 1.63. The first-order valence-corrected chi connectivity index (χ1v) is 8.44. The Balaban J connectivity index is 2.07. The van der Waals surface area contributed by atoms with Crippen LogP contribution in [0.1, 0.15) is 17.4 Å². The fourth-order valence-electron chi connectivity index (χ4n) is 3.23. The molecule has 0 atom stereocenters. The van der Waals surface area contributed by atoms with Gasteiger partial charge in [-0.05, 0) is 30.7 Å². The zero-order valence-electron chi connectivity index (χ0n) is 14.6. The number of methoxy groups -OCH3 is 1. The van der Waals surface area contributed by atoms with Gasteiger partial charge in [-0.15, -0.1) is 0 Å². The Morgan fingerprint density at radius 3 is 2.58 bits per heavy atom. The number of nitrogens with zero attached hydrogens (tertiary/aromatic N) is 1. The quantitative estimate of drug-likeness (QED) is 0.550. The number of aromatic amines is 1. The average Bonchev–Trinajstić information content (AvgIpc) is 3.06. The van der Waals surface area contributed by atoms with Crippen LogP contribution in [-0.2, 0) is 4.74 Å². The van der Waals surface area contributed by atoms with Crippen molar-refractivity contribution in [3.05, 3.63) is 60.4 Å². The first-order chi connectivity index (χ1) is 12.7. The minimum absolute atomic E-state index is 0.300. The van der Waals surface area contributed by atoms with E-state index in [4.69, 9.17) is 9.47 Å². The van der Waals surface area contributed by atoms with E-state index in [9.17, 15) is 4.79 Å². The zero-order valence-corrected chi connectivity index (χ0v) is 14.6. The molecule has 2 heterocycles. The lowest BCUT2D eigenvalue weighted by molar-refractivity contribution is 0.0520. The number of hydrogen-bond acceptors (Lipinski definition) is 4. The van der Waals surface area contributed by atoms with Gasteiger partial charge in [-0.2, -0.15) is 0 Å². The number of hydrogen-bond donors (Lipinski definition) is 1. The van der Waals surface area contributed by atoms with Crippen molar-refractivity contribution in [3.63, 3.8) is 0 Å². The molecular formula is C21H18N2O3. The summed E-state index contributed by atoms with van der Waals surface area (Å²) in [6.07, 6.45) is 1.69. The number of para-hydroxylation sites is 1. The second-order valence-corrected chi connectivity index (χ2v) is 5.89. The van der Waals surface area contributed by atoms with Gasteiger partial charge in [0.05, 0.1) is 25.4 Å². The molecule has 0 fully saturated rings. The minimum Gasteiger partial charge on any atom is -0.497 e. The van der Waals surface area contributed by atoms with Crippen molar-refractivity contribution in [3.8, 4) is 16.9 Å². The number of benzene rings is 2.